The van der Waals surface area contributed by atoms with E-state index in [0.29, 0.717) is 38.4 Å². The van der Waals surface area contributed by atoms with Gasteiger partial charge in [-0.2, -0.15) is 4.68 Å². The summed E-state index contributed by atoms with van der Waals surface area (Å²) in [6.07, 6.45) is 0.154. The molecule has 1 aromatic heterocycles. The Morgan fingerprint density at radius 3 is 2.52 bits per heavy atom. The molecule has 0 saturated carbocycles. The first-order chi connectivity index (χ1) is 16.1. The number of nitrogens with zero attached hydrogens (tertiary/aromatic N) is 7. The topological polar surface area (TPSA) is 87.5 Å². The number of carbonyl (C=O) groups is 2. The first-order valence-corrected chi connectivity index (χ1v) is 11.0. The van der Waals surface area contributed by atoms with E-state index in [2.05, 4.69) is 20.4 Å². The number of rotatable bonds is 5. The van der Waals surface area contributed by atoms with Gasteiger partial charge in [-0.05, 0) is 40.8 Å². The Morgan fingerprint density at radius 2 is 1.76 bits per heavy atom. The van der Waals surface area contributed by atoms with E-state index in [9.17, 15) is 14.0 Å². The van der Waals surface area contributed by atoms with Gasteiger partial charge < -0.3 is 9.80 Å². The predicted octanol–water partition coefficient (Wildman–Crippen LogP) is 1.50. The second kappa shape index (κ2) is 9.07. The summed E-state index contributed by atoms with van der Waals surface area (Å²) >= 11 is 0. The van der Waals surface area contributed by atoms with Crippen molar-refractivity contribution in [2.45, 2.75) is 13.0 Å². The fraction of sp³-hybridized carbons (Fsp3) is 0.348. The molecule has 3 heterocycles. The molecule has 0 aliphatic carbocycles. The minimum absolute atomic E-state index is 0.0176. The van der Waals surface area contributed by atoms with Crippen LogP contribution in [0.4, 0.5) is 10.1 Å². The van der Waals surface area contributed by atoms with Gasteiger partial charge in [0.15, 0.2) is 5.82 Å². The summed E-state index contributed by atoms with van der Waals surface area (Å²) < 4.78 is 15.3. The molecular formula is C23H24FN7O2. The summed E-state index contributed by atoms with van der Waals surface area (Å²) in [5.74, 6) is -0.225. The molecule has 2 aromatic carbocycles. The Kier molecular flexibility index (Phi) is 5.82. The molecule has 0 bridgehead atoms. The third kappa shape index (κ3) is 4.47. The highest BCUT2D eigenvalue weighted by Crippen LogP contribution is 2.27. The van der Waals surface area contributed by atoms with E-state index in [1.54, 1.807) is 16.8 Å². The Balaban J connectivity index is 1.17. The monoisotopic (exact) mass is 449 g/mol. The number of piperazine rings is 1. The van der Waals surface area contributed by atoms with Crippen LogP contribution < -0.4 is 4.90 Å². The molecule has 2 aliphatic rings. The van der Waals surface area contributed by atoms with E-state index < -0.39 is 11.7 Å². The SMILES string of the molecule is O=C(C1CC(=O)N(c2cccc(F)c2)C1)N1CCN(Cc2nnnn2-c2ccccc2)CC1. The van der Waals surface area contributed by atoms with Crippen LogP contribution in [0.3, 0.4) is 0 Å². The number of para-hydroxylation sites is 1. The maximum absolute atomic E-state index is 13.6. The van der Waals surface area contributed by atoms with Crippen molar-refractivity contribution in [1.29, 1.82) is 0 Å². The van der Waals surface area contributed by atoms with E-state index in [4.69, 9.17) is 0 Å². The number of amides is 2. The molecule has 9 nitrogen and oxygen atoms in total. The van der Waals surface area contributed by atoms with E-state index in [1.165, 1.54) is 17.0 Å². The average molecular weight is 449 g/mol. The molecular weight excluding hydrogens is 425 g/mol. The summed E-state index contributed by atoms with van der Waals surface area (Å²) in [5.41, 5.74) is 1.40. The van der Waals surface area contributed by atoms with Crippen molar-refractivity contribution in [3.05, 3.63) is 66.2 Å². The third-order valence-electron chi connectivity index (χ3n) is 6.18. The van der Waals surface area contributed by atoms with Crippen molar-refractivity contribution in [2.24, 2.45) is 5.92 Å². The number of hydrogen-bond donors (Lipinski definition) is 0. The standard InChI is InChI=1S/C23H24FN7O2/c24-18-5-4-8-20(14-18)30-15-17(13-22(30)32)23(33)29-11-9-28(10-12-29)16-21-25-26-27-31(21)19-6-2-1-3-7-19/h1-8,14,17H,9-13,15-16H2. The van der Waals surface area contributed by atoms with E-state index in [1.807, 2.05) is 35.2 Å². The first kappa shape index (κ1) is 21.2. The predicted molar refractivity (Wildman–Crippen MR) is 118 cm³/mol. The zero-order valence-electron chi connectivity index (χ0n) is 18.0. The summed E-state index contributed by atoms with van der Waals surface area (Å²) in [4.78, 5) is 31.1. The number of hydrogen-bond acceptors (Lipinski definition) is 6. The van der Waals surface area contributed by atoms with Crippen molar-refractivity contribution >= 4 is 17.5 Å². The minimum Gasteiger partial charge on any atom is -0.340 e. The zero-order chi connectivity index (χ0) is 22.8. The highest BCUT2D eigenvalue weighted by atomic mass is 19.1. The van der Waals surface area contributed by atoms with Crippen LogP contribution >= 0.6 is 0 Å². The Labute approximate surface area is 190 Å². The maximum atomic E-state index is 13.6. The van der Waals surface area contributed by atoms with Crippen LogP contribution in [-0.2, 0) is 16.1 Å². The molecule has 170 valence electrons. The van der Waals surface area contributed by atoms with Crippen molar-refractivity contribution in [3.63, 3.8) is 0 Å². The number of carbonyl (C=O) groups excluding carboxylic acids is 2. The number of aromatic nitrogens is 4. The number of anilines is 1. The molecule has 0 N–H and O–H groups in total. The van der Waals surface area contributed by atoms with Crippen LogP contribution in [0.5, 0.6) is 0 Å². The van der Waals surface area contributed by atoms with Gasteiger partial charge >= 0.3 is 0 Å². The van der Waals surface area contributed by atoms with Crippen molar-refractivity contribution in [3.8, 4) is 5.69 Å². The van der Waals surface area contributed by atoms with E-state index >= 15 is 0 Å². The van der Waals surface area contributed by atoms with Gasteiger partial charge in [-0.25, -0.2) is 4.39 Å². The fourth-order valence-corrected chi connectivity index (χ4v) is 4.43. The lowest BCUT2D eigenvalue weighted by molar-refractivity contribution is -0.137. The lowest BCUT2D eigenvalue weighted by Gasteiger charge is -2.35. The summed E-state index contributed by atoms with van der Waals surface area (Å²) in [7, 11) is 0. The molecule has 5 rings (SSSR count). The largest absolute Gasteiger partial charge is 0.340 e. The van der Waals surface area contributed by atoms with Gasteiger partial charge in [-0.15, -0.1) is 5.10 Å². The molecule has 33 heavy (non-hydrogen) atoms. The van der Waals surface area contributed by atoms with Crippen LogP contribution in [0.25, 0.3) is 5.69 Å². The Morgan fingerprint density at radius 1 is 1.00 bits per heavy atom. The fourth-order valence-electron chi connectivity index (χ4n) is 4.43. The van der Waals surface area contributed by atoms with Crippen molar-refractivity contribution in [1.82, 2.24) is 30.0 Å². The molecule has 1 atom stereocenters. The second-order valence-electron chi connectivity index (χ2n) is 8.33. The summed E-state index contributed by atoms with van der Waals surface area (Å²) in [6.45, 7) is 3.42. The van der Waals surface area contributed by atoms with Gasteiger partial charge in [0.25, 0.3) is 0 Å². The van der Waals surface area contributed by atoms with E-state index in [-0.39, 0.29) is 24.8 Å². The molecule has 3 aromatic rings. The second-order valence-corrected chi connectivity index (χ2v) is 8.33. The normalized spacial score (nSPS) is 19.3. The van der Waals surface area contributed by atoms with Gasteiger partial charge in [0.2, 0.25) is 11.8 Å². The third-order valence-corrected chi connectivity index (χ3v) is 6.18. The quantitative estimate of drug-likeness (QED) is 0.587. The van der Waals surface area contributed by atoms with Gasteiger partial charge in [-0.1, -0.05) is 24.3 Å². The highest BCUT2D eigenvalue weighted by molar-refractivity contribution is 6.00. The van der Waals surface area contributed by atoms with Crippen LogP contribution in [0.1, 0.15) is 12.2 Å². The summed E-state index contributed by atoms with van der Waals surface area (Å²) in [5, 5.41) is 12.1. The van der Waals surface area contributed by atoms with Crippen LogP contribution in [0.2, 0.25) is 0 Å². The molecule has 2 fully saturated rings. The number of tetrazole rings is 1. The van der Waals surface area contributed by atoms with Crippen molar-refractivity contribution < 1.29 is 14.0 Å². The van der Waals surface area contributed by atoms with Gasteiger partial charge in [0, 0.05) is 44.8 Å². The average Bonchev–Trinajstić information content (AvgIpc) is 3.46. The number of halogens is 1. The molecule has 1 unspecified atom stereocenters. The Hall–Kier alpha value is -3.66. The smallest absolute Gasteiger partial charge is 0.228 e. The van der Waals surface area contributed by atoms with Crippen LogP contribution in [-0.4, -0.2) is 74.5 Å². The highest BCUT2D eigenvalue weighted by Gasteiger charge is 2.38. The van der Waals surface area contributed by atoms with Crippen molar-refractivity contribution in [2.75, 3.05) is 37.6 Å². The summed E-state index contributed by atoms with van der Waals surface area (Å²) in [6, 6.07) is 15.6. The molecule has 2 saturated heterocycles. The molecule has 10 heteroatoms. The van der Waals surface area contributed by atoms with Crippen LogP contribution in [0, 0.1) is 11.7 Å². The minimum atomic E-state index is -0.405. The van der Waals surface area contributed by atoms with E-state index in [0.717, 1.165) is 11.5 Å². The number of benzene rings is 2. The lowest BCUT2D eigenvalue weighted by Crippen LogP contribution is -2.50. The van der Waals surface area contributed by atoms with Gasteiger partial charge in [0.05, 0.1) is 18.2 Å². The lowest BCUT2D eigenvalue weighted by atomic mass is 10.1. The molecule has 2 amide bonds. The first-order valence-electron chi connectivity index (χ1n) is 11.0. The maximum Gasteiger partial charge on any atom is 0.228 e. The molecule has 2 aliphatic heterocycles. The van der Waals surface area contributed by atoms with Crippen LogP contribution in [0.15, 0.2) is 54.6 Å². The van der Waals surface area contributed by atoms with Gasteiger partial charge in [-0.3, -0.25) is 14.5 Å². The van der Waals surface area contributed by atoms with Gasteiger partial charge in [0.1, 0.15) is 5.82 Å². The zero-order valence-corrected chi connectivity index (χ0v) is 18.0. The molecule has 0 radical (unpaired) electrons. The Bertz CT molecular complexity index is 1140. The molecule has 0 spiro atoms.